The van der Waals surface area contributed by atoms with Gasteiger partial charge in [0.25, 0.3) is 0 Å². The average Bonchev–Trinajstić information content (AvgIpc) is 2.78. The number of hydrogen-bond donors (Lipinski definition) is 1. The Morgan fingerprint density at radius 1 is 1.16 bits per heavy atom. The Hall–Kier alpha value is -1.28. The number of furan rings is 1. The Balaban J connectivity index is 2.13. The molecule has 2 rings (SSSR count). The highest BCUT2D eigenvalue weighted by Gasteiger charge is 2.16. The van der Waals surface area contributed by atoms with Crippen LogP contribution in [-0.4, -0.2) is 6.54 Å². The molecule has 0 amide bonds. The second kappa shape index (κ2) is 6.25. The lowest BCUT2D eigenvalue weighted by Crippen LogP contribution is -2.25. The zero-order valence-electron chi connectivity index (χ0n) is 12.5. The molecule has 2 aromatic rings. The summed E-state index contributed by atoms with van der Waals surface area (Å²) < 4.78 is 6.00. The Morgan fingerprint density at radius 2 is 1.84 bits per heavy atom. The van der Waals surface area contributed by atoms with Crippen LogP contribution in [0.4, 0.5) is 0 Å². The zero-order valence-corrected chi connectivity index (χ0v) is 12.5. The number of hydrogen-bond acceptors (Lipinski definition) is 2. The number of nitrogens with one attached hydrogen (secondary N) is 1. The van der Waals surface area contributed by atoms with E-state index in [0.29, 0.717) is 0 Å². The molecular weight excluding hydrogens is 234 g/mol. The van der Waals surface area contributed by atoms with Gasteiger partial charge in [-0.05, 0) is 37.9 Å². The molecule has 0 bridgehead atoms. The summed E-state index contributed by atoms with van der Waals surface area (Å²) in [5.41, 5.74) is 2.26. The number of para-hydroxylation sites is 1. The van der Waals surface area contributed by atoms with Crippen molar-refractivity contribution in [3.8, 4) is 0 Å². The molecule has 2 nitrogen and oxygen atoms in total. The third-order valence-corrected chi connectivity index (χ3v) is 4.14. The van der Waals surface area contributed by atoms with Gasteiger partial charge in [-0.15, -0.1) is 0 Å². The van der Waals surface area contributed by atoms with Crippen LogP contribution in [0.15, 0.2) is 28.7 Å². The molecule has 0 fully saturated rings. The quantitative estimate of drug-likeness (QED) is 0.804. The van der Waals surface area contributed by atoms with Gasteiger partial charge >= 0.3 is 0 Å². The molecule has 0 aliphatic heterocycles. The second-order valence-electron chi connectivity index (χ2n) is 5.40. The van der Waals surface area contributed by atoms with Gasteiger partial charge < -0.3 is 9.73 Å². The highest BCUT2D eigenvalue weighted by Crippen LogP contribution is 2.29. The van der Waals surface area contributed by atoms with Crippen molar-refractivity contribution < 1.29 is 4.42 Å². The standard InChI is InChI=1S/C17H25NO/c1-5-14(6-2)11-18-13(4)17-12(3)15-9-7-8-10-16(15)19-17/h7-10,13-14,18H,5-6,11H2,1-4H3. The first-order valence-electron chi connectivity index (χ1n) is 7.38. The van der Waals surface area contributed by atoms with Crippen LogP contribution in [0, 0.1) is 12.8 Å². The van der Waals surface area contributed by atoms with Crippen molar-refractivity contribution in [3.63, 3.8) is 0 Å². The number of rotatable bonds is 6. The van der Waals surface area contributed by atoms with E-state index < -0.39 is 0 Å². The van der Waals surface area contributed by atoms with Gasteiger partial charge in [0.1, 0.15) is 11.3 Å². The number of benzene rings is 1. The van der Waals surface area contributed by atoms with Crippen LogP contribution in [0.5, 0.6) is 0 Å². The summed E-state index contributed by atoms with van der Waals surface area (Å²) in [6.07, 6.45) is 2.46. The van der Waals surface area contributed by atoms with E-state index in [0.717, 1.165) is 23.8 Å². The van der Waals surface area contributed by atoms with Crippen molar-refractivity contribution in [2.45, 2.75) is 46.6 Å². The highest BCUT2D eigenvalue weighted by atomic mass is 16.3. The smallest absolute Gasteiger partial charge is 0.134 e. The molecule has 1 heterocycles. The summed E-state index contributed by atoms with van der Waals surface area (Å²) in [6, 6.07) is 8.53. The van der Waals surface area contributed by atoms with E-state index in [4.69, 9.17) is 4.42 Å². The first kappa shape index (κ1) is 14.1. The molecule has 1 N–H and O–H groups in total. The average molecular weight is 259 g/mol. The van der Waals surface area contributed by atoms with E-state index in [9.17, 15) is 0 Å². The third kappa shape index (κ3) is 3.01. The fourth-order valence-corrected chi connectivity index (χ4v) is 2.62. The fraction of sp³-hybridized carbons (Fsp3) is 0.529. The van der Waals surface area contributed by atoms with Gasteiger partial charge in [0, 0.05) is 5.39 Å². The maximum atomic E-state index is 6.00. The fourth-order valence-electron chi connectivity index (χ4n) is 2.62. The van der Waals surface area contributed by atoms with Gasteiger partial charge in [0.15, 0.2) is 0 Å². The van der Waals surface area contributed by atoms with E-state index >= 15 is 0 Å². The maximum absolute atomic E-state index is 6.00. The van der Waals surface area contributed by atoms with Crippen LogP contribution >= 0.6 is 0 Å². The monoisotopic (exact) mass is 259 g/mol. The maximum Gasteiger partial charge on any atom is 0.134 e. The lowest BCUT2D eigenvalue weighted by Gasteiger charge is -2.17. The summed E-state index contributed by atoms with van der Waals surface area (Å²) >= 11 is 0. The molecule has 0 saturated heterocycles. The number of aryl methyl sites for hydroxylation is 1. The molecule has 104 valence electrons. The van der Waals surface area contributed by atoms with Gasteiger partial charge in [0.2, 0.25) is 0 Å². The predicted octanol–water partition coefficient (Wildman–Crippen LogP) is 4.83. The molecule has 0 saturated carbocycles. The van der Waals surface area contributed by atoms with Crippen LogP contribution in [0.1, 0.15) is 51.0 Å². The molecular formula is C17H25NO. The Labute approximate surface area is 116 Å². The van der Waals surface area contributed by atoms with Crippen molar-refractivity contribution in [1.29, 1.82) is 0 Å². The molecule has 1 aromatic carbocycles. The van der Waals surface area contributed by atoms with E-state index in [1.54, 1.807) is 0 Å². The Kier molecular flexibility index (Phi) is 4.65. The lowest BCUT2D eigenvalue weighted by molar-refractivity contribution is 0.388. The highest BCUT2D eigenvalue weighted by molar-refractivity contribution is 5.82. The van der Waals surface area contributed by atoms with Crippen LogP contribution in [-0.2, 0) is 0 Å². The van der Waals surface area contributed by atoms with Crippen LogP contribution in [0.25, 0.3) is 11.0 Å². The molecule has 1 atom stereocenters. The molecule has 0 radical (unpaired) electrons. The van der Waals surface area contributed by atoms with Crippen molar-refractivity contribution in [3.05, 3.63) is 35.6 Å². The minimum Gasteiger partial charge on any atom is -0.459 e. The van der Waals surface area contributed by atoms with Gasteiger partial charge in [0.05, 0.1) is 6.04 Å². The minimum absolute atomic E-state index is 0.271. The lowest BCUT2D eigenvalue weighted by atomic mass is 10.0. The van der Waals surface area contributed by atoms with Crippen LogP contribution < -0.4 is 5.32 Å². The summed E-state index contributed by atoms with van der Waals surface area (Å²) in [7, 11) is 0. The molecule has 0 aliphatic rings. The predicted molar refractivity (Wildman–Crippen MR) is 81.4 cm³/mol. The molecule has 1 aromatic heterocycles. The van der Waals surface area contributed by atoms with E-state index in [1.807, 2.05) is 12.1 Å². The van der Waals surface area contributed by atoms with Gasteiger partial charge in [-0.2, -0.15) is 0 Å². The van der Waals surface area contributed by atoms with Gasteiger partial charge in [-0.3, -0.25) is 0 Å². The number of fused-ring (bicyclic) bond motifs is 1. The van der Waals surface area contributed by atoms with E-state index in [2.05, 4.69) is 45.1 Å². The molecule has 0 spiro atoms. The SMILES string of the molecule is CCC(CC)CNC(C)c1oc2ccccc2c1C. The largest absolute Gasteiger partial charge is 0.459 e. The molecule has 2 heteroatoms. The Morgan fingerprint density at radius 3 is 2.47 bits per heavy atom. The van der Waals surface area contributed by atoms with Crippen LogP contribution in [0.2, 0.25) is 0 Å². The second-order valence-corrected chi connectivity index (χ2v) is 5.40. The van der Waals surface area contributed by atoms with Crippen molar-refractivity contribution in [2.75, 3.05) is 6.54 Å². The summed E-state index contributed by atoms with van der Waals surface area (Å²) in [4.78, 5) is 0. The van der Waals surface area contributed by atoms with Crippen molar-refractivity contribution in [2.24, 2.45) is 5.92 Å². The first-order valence-corrected chi connectivity index (χ1v) is 7.38. The topological polar surface area (TPSA) is 25.2 Å². The molecule has 19 heavy (non-hydrogen) atoms. The van der Waals surface area contributed by atoms with Crippen molar-refractivity contribution >= 4 is 11.0 Å². The van der Waals surface area contributed by atoms with E-state index in [-0.39, 0.29) is 6.04 Å². The minimum atomic E-state index is 0.271. The summed E-state index contributed by atoms with van der Waals surface area (Å²) in [5, 5.41) is 4.84. The summed E-state index contributed by atoms with van der Waals surface area (Å²) in [5.74, 6) is 1.83. The zero-order chi connectivity index (χ0) is 13.8. The molecule has 0 aliphatic carbocycles. The Bertz CT molecular complexity index is 525. The van der Waals surface area contributed by atoms with Gasteiger partial charge in [-0.25, -0.2) is 0 Å². The normalized spacial score (nSPS) is 13.3. The van der Waals surface area contributed by atoms with E-state index in [1.165, 1.54) is 23.8 Å². The first-order chi connectivity index (χ1) is 9.17. The summed E-state index contributed by atoms with van der Waals surface area (Å²) in [6.45, 7) is 9.91. The van der Waals surface area contributed by atoms with Gasteiger partial charge in [-0.1, -0.05) is 44.9 Å². The van der Waals surface area contributed by atoms with Crippen molar-refractivity contribution in [1.82, 2.24) is 5.32 Å². The van der Waals surface area contributed by atoms with Crippen LogP contribution in [0.3, 0.4) is 0 Å². The molecule has 1 unspecified atom stereocenters. The third-order valence-electron chi connectivity index (χ3n) is 4.14.